The van der Waals surface area contributed by atoms with Gasteiger partial charge in [0.25, 0.3) is 0 Å². The lowest BCUT2D eigenvalue weighted by Gasteiger charge is -2.10. The monoisotopic (exact) mass is 988 g/mol. The number of benzene rings is 11. The lowest BCUT2D eigenvalue weighted by molar-refractivity contribution is 0.668. The molecule has 5 heterocycles. The van der Waals surface area contributed by atoms with Gasteiger partial charge in [-0.25, -0.2) is 15.0 Å². The van der Waals surface area contributed by atoms with E-state index in [0.717, 1.165) is 88.5 Å². The van der Waals surface area contributed by atoms with E-state index in [1.807, 2.05) is 72.0 Å². The fraction of sp³-hybridized carbons (Fsp3) is 0. The third-order valence-corrected chi connectivity index (χ3v) is 16.3. The van der Waals surface area contributed by atoms with Gasteiger partial charge in [-0.15, -0.1) is 11.3 Å². The smallest absolute Gasteiger partial charge is 0.164 e. The van der Waals surface area contributed by atoms with Crippen molar-refractivity contribution in [2.24, 2.45) is 0 Å². The molecule has 0 spiro atoms. The van der Waals surface area contributed by atoms with Crippen LogP contribution in [0.4, 0.5) is 0 Å². The molecule has 76 heavy (non-hydrogen) atoms. The first-order valence-corrected chi connectivity index (χ1v) is 26.3. The molecule has 0 aliphatic carbocycles. The van der Waals surface area contributed by atoms with E-state index >= 15 is 0 Å². The van der Waals surface area contributed by atoms with Crippen molar-refractivity contribution in [2.45, 2.75) is 0 Å². The molecule has 5 aromatic heterocycles. The summed E-state index contributed by atoms with van der Waals surface area (Å²) in [6.07, 6.45) is 0. The first-order chi connectivity index (χ1) is 37.6. The van der Waals surface area contributed by atoms with Crippen molar-refractivity contribution in [1.29, 1.82) is 0 Å². The molecule has 0 saturated heterocycles. The number of thiophene rings is 1. The van der Waals surface area contributed by atoms with Crippen molar-refractivity contribution < 1.29 is 8.83 Å². The first-order valence-electron chi connectivity index (χ1n) is 25.5. The summed E-state index contributed by atoms with van der Waals surface area (Å²) in [6.45, 7) is 0. The molecule has 6 nitrogen and oxygen atoms in total. The second-order valence-corrected chi connectivity index (χ2v) is 20.5. The summed E-state index contributed by atoms with van der Waals surface area (Å²) in [5.74, 6) is 1.76. The van der Waals surface area contributed by atoms with Gasteiger partial charge in [-0.3, -0.25) is 0 Å². The fourth-order valence-electron chi connectivity index (χ4n) is 11.5. The van der Waals surface area contributed by atoms with Crippen LogP contribution in [0.15, 0.2) is 251 Å². The van der Waals surface area contributed by atoms with Crippen LogP contribution in [-0.4, -0.2) is 19.5 Å². The molecular weight excluding hydrogens is 949 g/mol. The standard InChI is InChI=1S/C69H40N4O2S/c1-3-13-42(14-4-1)67-70-68(43-27-25-41(26-28-43)46-29-33-52-51-18-8-10-23-60(51)75-63(52)40-46)72-69(71-67)54-21-12-24-62-65(54)57-38-44(31-35-61(57)74-62)45-32-36-64-56(37-45)53-20-11-19-49(66(53)76-64)47-30-34-59-55(39-47)50-17-7-9-22-58(50)73(59)48-15-5-2-6-16-48/h1-40H. The molecular formula is C69H40N4O2S. The quantitative estimate of drug-likeness (QED) is 0.159. The van der Waals surface area contributed by atoms with Gasteiger partial charge in [0.1, 0.15) is 22.3 Å². The highest BCUT2D eigenvalue weighted by molar-refractivity contribution is 7.26. The molecule has 0 N–H and O–H groups in total. The Morgan fingerprint density at radius 3 is 1.71 bits per heavy atom. The molecule has 16 rings (SSSR count). The Balaban J connectivity index is 0.780. The summed E-state index contributed by atoms with van der Waals surface area (Å²) >= 11 is 1.86. The molecule has 0 atom stereocenters. The van der Waals surface area contributed by atoms with Crippen molar-refractivity contribution in [3.05, 3.63) is 243 Å². The van der Waals surface area contributed by atoms with Gasteiger partial charge in [0, 0.05) is 74.9 Å². The molecule has 7 heteroatoms. The zero-order chi connectivity index (χ0) is 49.8. The van der Waals surface area contributed by atoms with E-state index in [1.165, 1.54) is 53.1 Å². The minimum atomic E-state index is 0.574. The molecule has 0 amide bonds. The lowest BCUT2D eigenvalue weighted by Crippen LogP contribution is -2.00. The predicted molar refractivity (Wildman–Crippen MR) is 314 cm³/mol. The van der Waals surface area contributed by atoms with E-state index in [9.17, 15) is 0 Å². The Hall–Kier alpha value is -9.95. The highest BCUT2D eigenvalue weighted by Gasteiger charge is 2.21. The maximum absolute atomic E-state index is 6.60. The number of aromatic nitrogens is 4. The topological polar surface area (TPSA) is 69.9 Å². The van der Waals surface area contributed by atoms with Crippen molar-refractivity contribution in [3.63, 3.8) is 0 Å². The van der Waals surface area contributed by atoms with Crippen LogP contribution in [0.2, 0.25) is 0 Å². The molecule has 11 aromatic carbocycles. The Morgan fingerprint density at radius 1 is 0.303 bits per heavy atom. The Bertz CT molecular complexity index is 4990. The highest BCUT2D eigenvalue weighted by Crippen LogP contribution is 2.45. The molecule has 16 aromatic rings. The number of hydrogen-bond donors (Lipinski definition) is 0. The van der Waals surface area contributed by atoms with Gasteiger partial charge >= 0.3 is 0 Å². The summed E-state index contributed by atoms with van der Waals surface area (Å²) in [6, 6.07) is 85.7. The Morgan fingerprint density at radius 2 is 0.855 bits per heavy atom. The normalized spacial score (nSPS) is 11.9. The average Bonchev–Trinajstić information content (AvgIpc) is 4.27. The number of fused-ring (bicyclic) bond motifs is 12. The summed E-state index contributed by atoms with van der Waals surface area (Å²) < 4.78 is 17.7. The van der Waals surface area contributed by atoms with Crippen LogP contribution in [-0.2, 0) is 0 Å². The third kappa shape index (κ3) is 6.76. The summed E-state index contributed by atoms with van der Waals surface area (Å²) in [4.78, 5) is 15.5. The van der Waals surface area contributed by atoms with Crippen LogP contribution >= 0.6 is 11.3 Å². The van der Waals surface area contributed by atoms with E-state index in [4.69, 9.17) is 23.8 Å². The molecule has 0 unspecified atom stereocenters. The zero-order valence-corrected chi connectivity index (χ0v) is 41.4. The van der Waals surface area contributed by atoms with Crippen LogP contribution in [0.3, 0.4) is 0 Å². The van der Waals surface area contributed by atoms with Gasteiger partial charge in [0.05, 0.1) is 11.0 Å². The van der Waals surface area contributed by atoms with Gasteiger partial charge in [-0.05, 0) is 112 Å². The number of nitrogens with zero attached hydrogens (tertiary/aromatic N) is 4. The van der Waals surface area contributed by atoms with Gasteiger partial charge in [0.15, 0.2) is 17.5 Å². The highest BCUT2D eigenvalue weighted by atomic mass is 32.1. The molecule has 0 aliphatic heterocycles. The first kappa shape index (κ1) is 42.5. The Labute approximate surface area is 439 Å². The van der Waals surface area contributed by atoms with Crippen molar-refractivity contribution in [1.82, 2.24) is 19.5 Å². The maximum atomic E-state index is 6.60. The van der Waals surface area contributed by atoms with Crippen LogP contribution in [0.1, 0.15) is 0 Å². The summed E-state index contributed by atoms with van der Waals surface area (Å²) in [5, 5.41) is 9.17. The average molecular weight is 989 g/mol. The van der Waals surface area contributed by atoms with E-state index in [0.29, 0.717) is 17.5 Å². The predicted octanol–water partition coefficient (Wildman–Crippen LogP) is 19.1. The molecule has 0 saturated carbocycles. The minimum Gasteiger partial charge on any atom is -0.456 e. The van der Waals surface area contributed by atoms with Gasteiger partial charge < -0.3 is 13.4 Å². The van der Waals surface area contributed by atoms with Crippen molar-refractivity contribution in [3.8, 4) is 73.2 Å². The maximum Gasteiger partial charge on any atom is 0.164 e. The summed E-state index contributed by atoms with van der Waals surface area (Å²) in [5.41, 5.74) is 16.4. The molecule has 0 fully saturated rings. The van der Waals surface area contributed by atoms with Crippen LogP contribution < -0.4 is 0 Å². The third-order valence-electron chi connectivity index (χ3n) is 15.1. The minimum absolute atomic E-state index is 0.574. The van der Waals surface area contributed by atoms with Crippen molar-refractivity contribution >= 4 is 97.2 Å². The molecule has 0 radical (unpaired) electrons. The van der Waals surface area contributed by atoms with Crippen LogP contribution in [0, 0.1) is 0 Å². The SMILES string of the molecule is c1ccc(-c2nc(-c3ccc(-c4ccc5c(c4)oc4ccccc45)cc3)nc(-c3cccc4oc5ccc(-c6ccc7sc8c(-c9ccc%10c(c9)c9ccccc9n%10-c9ccccc9)cccc8c7c6)cc5c34)n2)cc1. The zero-order valence-electron chi connectivity index (χ0n) is 40.6. The molecule has 354 valence electrons. The molecule has 0 aliphatic rings. The van der Waals surface area contributed by atoms with Crippen LogP contribution in [0.5, 0.6) is 0 Å². The second-order valence-electron chi connectivity index (χ2n) is 19.5. The lowest BCUT2D eigenvalue weighted by atomic mass is 9.98. The largest absolute Gasteiger partial charge is 0.456 e. The van der Waals surface area contributed by atoms with Crippen LogP contribution in [0.25, 0.3) is 159 Å². The van der Waals surface area contributed by atoms with Gasteiger partial charge in [-0.2, -0.15) is 0 Å². The fourth-order valence-corrected chi connectivity index (χ4v) is 12.7. The number of rotatable bonds is 7. The van der Waals surface area contributed by atoms with E-state index < -0.39 is 0 Å². The number of furan rings is 2. The van der Waals surface area contributed by atoms with E-state index in [1.54, 1.807) is 0 Å². The van der Waals surface area contributed by atoms with Crippen molar-refractivity contribution in [2.75, 3.05) is 0 Å². The van der Waals surface area contributed by atoms with Gasteiger partial charge in [0.2, 0.25) is 0 Å². The Kier molecular flexibility index (Phi) is 9.40. The number of hydrogen-bond acceptors (Lipinski definition) is 6. The second kappa shape index (κ2) is 16.8. The van der Waals surface area contributed by atoms with E-state index in [2.05, 4.69) is 187 Å². The summed E-state index contributed by atoms with van der Waals surface area (Å²) in [7, 11) is 0. The number of para-hydroxylation sites is 3. The van der Waals surface area contributed by atoms with E-state index in [-0.39, 0.29) is 0 Å². The molecule has 0 bridgehead atoms. The van der Waals surface area contributed by atoms with Gasteiger partial charge in [-0.1, -0.05) is 164 Å².